The Hall–Kier alpha value is -1.58. The van der Waals surface area contributed by atoms with Gasteiger partial charge >= 0.3 is 0 Å². The van der Waals surface area contributed by atoms with Crippen LogP contribution < -0.4 is 0 Å². The van der Waals surface area contributed by atoms with Gasteiger partial charge in [0.1, 0.15) is 0 Å². The van der Waals surface area contributed by atoms with Gasteiger partial charge in [-0.2, -0.15) is 0 Å². The van der Waals surface area contributed by atoms with Crippen molar-refractivity contribution in [3.8, 4) is 0 Å². The third-order valence-electron chi connectivity index (χ3n) is 2.84. The van der Waals surface area contributed by atoms with Gasteiger partial charge in [-0.3, -0.25) is 4.79 Å². The molecule has 90 valence electrons. The lowest BCUT2D eigenvalue weighted by atomic mass is 10.0. The Morgan fingerprint density at radius 1 is 0.941 bits per heavy atom. The summed E-state index contributed by atoms with van der Waals surface area (Å²) in [4.78, 5) is 11.4. The Kier molecular flexibility index (Phi) is 3.31. The van der Waals surface area contributed by atoms with E-state index >= 15 is 0 Å². The third kappa shape index (κ3) is 2.40. The van der Waals surface area contributed by atoms with E-state index in [2.05, 4.69) is 0 Å². The molecule has 0 heterocycles. The van der Waals surface area contributed by atoms with E-state index in [1.807, 2.05) is 0 Å². The van der Waals surface area contributed by atoms with Gasteiger partial charge in [0, 0.05) is 12.0 Å². The molecule has 2 rings (SSSR count). The minimum atomic E-state index is -1.49. The average Bonchev–Trinajstić information content (AvgIpc) is 2.51. The second kappa shape index (κ2) is 4.73. The summed E-state index contributed by atoms with van der Waals surface area (Å²) >= 11 is 0. The predicted molar refractivity (Wildman–Crippen MR) is 57.8 cm³/mol. The summed E-state index contributed by atoms with van der Waals surface area (Å²) < 4.78 is 39.4. The number of benzene rings is 1. The first-order valence-electron chi connectivity index (χ1n) is 5.47. The lowest BCUT2D eigenvalue weighted by Crippen LogP contribution is -1.98. The van der Waals surface area contributed by atoms with Crippen LogP contribution in [0.15, 0.2) is 18.2 Å². The molecular formula is C13H11F3O. The minimum Gasteiger partial charge on any atom is -0.295 e. The number of allylic oxidation sites excluding steroid dienone is 2. The fraction of sp³-hybridized carbons (Fsp3) is 0.308. The first-order chi connectivity index (χ1) is 8.09. The van der Waals surface area contributed by atoms with Gasteiger partial charge in [-0.15, -0.1) is 0 Å². The highest BCUT2D eigenvalue weighted by Gasteiger charge is 2.18. The van der Waals surface area contributed by atoms with Crippen LogP contribution in [0.2, 0.25) is 0 Å². The highest BCUT2D eigenvalue weighted by molar-refractivity contribution is 5.97. The molecule has 0 saturated heterocycles. The molecule has 4 heteroatoms. The lowest BCUT2D eigenvalue weighted by molar-refractivity contribution is -0.114. The van der Waals surface area contributed by atoms with Crippen molar-refractivity contribution >= 4 is 11.4 Å². The van der Waals surface area contributed by atoms with Gasteiger partial charge in [0.25, 0.3) is 0 Å². The van der Waals surface area contributed by atoms with Gasteiger partial charge in [-0.25, -0.2) is 13.2 Å². The molecule has 0 atom stereocenters. The van der Waals surface area contributed by atoms with Gasteiger partial charge in [0.15, 0.2) is 23.2 Å². The summed E-state index contributed by atoms with van der Waals surface area (Å²) in [7, 11) is 0. The Labute approximate surface area is 96.9 Å². The standard InChI is InChI=1S/C13H11F3O/c14-11-6-5-10(12(15)13(11)16)8-3-1-2-4-9(17)7-8/h5-7H,1-4H2. The summed E-state index contributed by atoms with van der Waals surface area (Å²) in [6.45, 7) is 0. The Balaban J connectivity index is 2.46. The Bertz CT molecular complexity index is 492. The molecule has 0 saturated carbocycles. The highest BCUT2D eigenvalue weighted by atomic mass is 19.2. The van der Waals surface area contributed by atoms with Crippen LogP contribution in [0.1, 0.15) is 31.2 Å². The van der Waals surface area contributed by atoms with Gasteiger partial charge in [0.05, 0.1) is 0 Å². The summed E-state index contributed by atoms with van der Waals surface area (Å²) in [5, 5.41) is 0. The number of ketones is 1. The second-order valence-electron chi connectivity index (χ2n) is 4.07. The number of carbonyl (C=O) groups is 1. The normalized spacial score (nSPS) is 16.6. The van der Waals surface area contributed by atoms with Gasteiger partial charge in [-0.1, -0.05) is 0 Å². The van der Waals surface area contributed by atoms with Crippen molar-refractivity contribution in [1.82, 2.24) is 0 Å². The van der Waals surface area contributed by atoms with Crippen molar-refractivity contribution in [3.05, 3.63) is 41.2 Å². The predicted octanol–water partition coefficient (Wildman–Crippen LogP) is 3.63. The highest BCUT2D eigenvalue weighted by Crippen LogP contribution is 2.28. The number of rotatable bonds is 1. The van der Waals surface area contributed by atoms with Crippen LogP contribution in [-0.4, -0.2) is 5.78 Å². The van der Waals surface area contributed by atoms with Crippen LogP contribution in [0.25, 0.3) is 5.57 Å². The molecule has 0 amide bonds. The molecule has 0 aliphatic heterocycles. The molecule has 1 aliphatic carbocycles. The van der Waals surface area contributed by atoms with E-state index < -0.39 is 17.5 Å². The Morgan fingerprint density at radius 3 is 2.41 bits per heavy atom. The number of halogens is 3. The summed E-state index contributed by atoms with van der Waals surface area (Å²) in [5.74, 6) is -4.01. The van der Waals surface area contributed by atoms with Crippen LogP contribution >= 0.6 is 0 Å². The molecule has 1 aromatic rings. The average molecular weight is 240 g/mol. The van der Waals surface area contributed by atoms with Crippen molar-refractivity contribution in [3.63, 3.8) is 0 Å². The first kappa shape index (κ1) is 11.9. The Morgan fingerprint density at radius 2 is 1.65 bits per heavy atom. The van der Waals surface area contributed by atoms with E-state index in [1.165, 1.54) is 12.1 Å². The molecule has 1 aromatic carbocycles. The molecule has 0 spiro atoms. The number of hydrogen-bond donors (Lipinski definition) is 0. The van der Waals surface area contributed by atoms with Gasteiger partial charge in [0.2, 0.25) is 0 Å². The van der Waals surface area contributed by atoms with E-state index in [1.54, 1.807) is 0 Å². The maximum absolute atomic E-state index is 13.5. The summed E-state index contributed by atoms with van der Waals surface area (Å²) in [6, 6.07) is 2.06. The topological polar surface area (TPSA) is 17.1 Å². The number of carbonyl (C=O) groups excluding carboxylic acids is 1. The zero-order valence-electron chi connectivity index (χ0n) is 9.10. The summed E-state index contributed by atoms with van der Waals surface area (Å²) in [5.41, 5.74) is 0.433. The fourth-order valence-corrected chi connectivity index (χ4v) is 1.94. The molecule has 0 bridgehead atoms. The lowest BCUT2D eigenvalue weighted by Gasteiger charge is -2.07. The molecule has 0 aromatic heterocycles. The van der Waals surface area contributed by atoms with E-state index in [-0.39, 0.29) is 11.3 Å². The van der Waals surface area contributed by atoms with Gasteiger partial charge < -0.3 is 0 Å². The number of hydrogen-bond acceptors (Lipinski definition) is 1. The maximum Gasteiger partial charge on any atom is 0.195 e. The molecule has 0 unspecified atom stereocenters. The monoisotopic (exact) mass is 240 g/mol. The van der Waals surface area contributed by atoms with E-state index in [9.17, 15) is 18.0 Å². The third-order valence-corrected chi connectivity index (χ3v) is 2.84. The van der Waals surface area contributed by atoms with Crippen LogP contribution in [0.3, 0.4) is 0 Å². The van der Waals surface area contributed by atoms with E-state index in [0.29, 0.717) is 18.4 Å². The van der Waals surface area contributed by atoms with Crippen LogP contribution in [0, 0.1) is 17.5 Å². The zero-order chi connectivity index (χ0) is 12.4. The van der Waals surface area contributed by atoms with Crippen LogP contribution in [0.5, 0.6) is 0 Å². The van der Waals surface area contributed by atoms with Crippen molar-refractivity contribution < 1.29 is 18.0 Å². The van der Waals surface area contributed by atoms with Crippen molar-refractivity contribution in [1.29, 1.82) is 0 Å². The van der Waals surface area contributed by atoms with E-state index in [0.717, 1.165) is 18.9 Å². The van der Waals surface area contributed by atoms with Crippen molar-refractivity contribution in [2.45, 2.75) is 25.7 Å². The zero-order valence-corrected chi connectivity index (χ0v) is 9.10. The SMILES string of the molecule is O=C1C=C(c2ccc(F)c(F)c2F)CCCC1. The smallest absolute Gasteiger partial charge is 0.195 e. The summed E-state index contributed by atoms with van der Waals surface area (Å²) in [6.07, 6.45) is 3.76. The minimum absolute atomic E-state index is 0.0147. The molecule has 0 fully saturated rings. The van der Waals surface area contributed by atoms with Crippen molar-refractivity contribution in [2.75, 3.05) is 0 Å². The molecule has 1 aliphatic rings. The molecular weight excluding hydrogens is 229 g/mol. The van der Waals surface area contributed by atoms with Gasteiger partial charge in [-0.05, 0) is 43.0 Å². The van der Waals surface area contributed by atoms with Crippen molar-refractivity contribution in [2.24, 2.45) is 0 Å². The molecule has 0 radical (unpaired) electrons. The molecule has 1 nitrogen and oxygen atoms in total. The van der Waals surface area contributed by atoms with Crippen LogP contribution in [0.4, 0.5) is 13.2 Å². The van der Waals surface area contributed by atoms with E-state index in [4.69, 9.17) is 0 Å². The largest absolute Gasteiger partial charge is 0.295 e. The molecule has 17 heavy (non-hydrogen) atoms. The maximum atomic E-state index is 13.5. The fourth-order valence-electron chi connectivity index (χ4n) is 1.94. The molecule has 0 N–H and O–H groups in total. The van der Waals surface area contributed by atoms with Crippen LogP contribution in [-0.2, 0) is 4.79 Å². The first-order valence-corrected chi connectivity index (χ1v) is 5.47. The second-order valence-corrected chi connectivity index (χ2v) is 4.07. The quantitative estimate of drug-likeness (QED) is 0.685.